The van der Waals surface area contributed by atoms with Gasteiger partial charge in [-0.2, -0.15) is 0 Å². The topological polar surface area (TPSA) is 37.2 Å². The number of anilines is 2. The van der Waals surface area contributed by atoms with Gasteiger partial charge in [-0.15, -0.1) is 10.2 Å². The van der Waals surface area contributed by atoms with Crippen LogP contribution in [-0.2, 0) is 7.05 Å². The van der Waals surface area contributed by atoms with Gasteiger partial charge in [-0.25, -0.2) is 0 Å². The third-order valence-electron chi connectivity index (χ3n) is 1.63. The summed E-state index contributed by atoms with van der Waals surface area (Å²) in [5.41, 5.74) is 0. The lowest BCUT2D eigenvalue weighted by atomic mass is 10.7. The molecule has 0 bridgehead atoms. The lowest BCUT2D eigenvalue weighted by molar-refractivity contribution is 0.843. The summed E-state index contributed by atoms with van der Waals surface area (Å²) in [7, 11) is 9.74. The number of hydrogen-bond donors (Lipinski definition) is 0. The van der Waals surface area contributed by atoms with Crippen LogP contribution >= 0.6 is 0 Å². The molecule has 1 aromatic heterocycles. The molecule has 0 radical (unpaired) electrons. The minimum Gasteiger partial charge on any atom is -0.347 e. The molecule has 0 fully saturated rings. The molecular weight excluding hydrogens is 154 g/mol. The first-order chi connectivity index (χ1) is 5.54. The summed E-state index contributed by atoms with van der Waals surface area (Å²) in [5.74, 6) is 1.72. The number of hydrogen-bond acceptors (Lipinski definition) is 4. The smallest absolute Gasteiger partial charge is 0.227 e. The van der Waals surface area contributed by atoms with E-state index in [0.717, 1.165) is 11.9 Å². The van der Waals surface area contributed by atoms with E-state index in [1.54, 1.807) is 0 Å². The van der Waals surface area contributed by atoms with Gasteiger partial charge in [-0.05, 0) is 0 Å². The average Bonchev–Trinajstić information content (AvgIpc) is 2.30. The van der Waals surface area contributed by atoms with Gasteiger partial charge in [0.15, 0.2) is 0 Å². The third kappa shape index (κ3) is 1.34. The van der Waals surface area contributed by atoms with E-state index in [9.17, 15) is 0 Å². The van der Waals surface area contributed by atoms with Crippen molar-refractivity contribution in [3.05, 3.63) is 0 Å². The number of rotatable bonds is 2. The fraction of sp³-hybridized carbons (Fsp3) is 0.714. The third-order valence-corrected chi connectivity index (χ3v) is 1.63. The Bertz CT molecular complexity index is 237. The van der Waals surface area contributed by atoms with E-state index in [0.29, 0.717) is 0 Å². The molecular formula is C7H15N5. The van der Waals surface area contributed by atoms with E-state index in [1.807, 2.05) is 49.6 Å². The highest BCUT2D eigenvalue weighted by Gasteiger charge is 2.10. The fourth-order valence-electron chi connectivity index (χ4n) is 1.09. The highest BCUT2D eigenvalue weighted by Crippen LogP contribution is 2.13. The van der Waals surface area contributed by atoms with Gasteiger partial charge in [-0.3, -0.25) is 4.57 Å². The monoisotopic (exact) mass is 169 g/mol. The maximum absolute atomic E-state index is 4.03. The zero-order valence-electron chi connectivity index (χ0n) is 8.24. The van der Waals surface area contributed by atoms with E-state index < -0.39 is 0 Å². The Kier molecular flexibility index (Phi) is 2.21. The first-order valence-corrected chi connectivity index (χ1v) is 3.78. The van der Waals surface area contributed by atoms with Crippen molar-refractivity contribution in [2.75, 3.05) is 38.0 Å². The van der Waals surface area contributed by atoms with Crippen molar-refractivity contribution >= 4 is 11.9 Å². The van der Waals surface area contributed by atoms with Crippen molar-refractivity contribution in [3.63, 3.8) is 0 Å². The summed E-state index contributed by atoms with van der Waals surface area (Å²) >= 11 is 0. The van der Waals surface area contributed by atoms with Crippen LogP contribution in [0.5, 0.6) is 0 Å². The van der Waals surface area contributed by atoms with Crippen molar-refractivity contribution in [2.45, 2.75) is 0 Å². The van der Waals surface area contributed by atoms with E-state index in [2.05, 4.69) is 10.2 Å². The molecule has 1 aromatic rings. The minimum absolute atomic E-state index is 0.860. The molecule has 0 aliphatic carbocycles. The minimum atomic E-state index is 0.860. The highest BCUT2D eigenvalue weighted by atomic mass is 15.4. The molecule has 0 saturated heterocycles. The molecule has 1 heterocycles. The zero-order chi connectivity index (χ0) is 9.30. The Morgan fingerprint density at radius 2 is 1.25 bits per heavy atom. The van der Waals surface area contributed by atoms with Crippen LogP contribution in [-0.4, -0.2) is 43.0 Å². The molecule has 68 valence electrons. The molecule has 0 aromatic carbocycles. The maximum atomic E-state index is 4.03. The van der Waals surface area contributed by atoms with E-state index in [1.165, 1.54) is 0 Å². The summed E-state index contributed by atoms with van der Waals surface area (Å²) < 4.78 is 1.94. The predicted octanol–water partition coefficient (Wildman–Crippen LogP) is -0.0529. The molecule has 0 aliphatic heterocycles. The van der Waals surface area contributed by atoms with Gasteiger partial charge < -0.3 is 9.80 Å². The Morgan fingerprint density at radius 1 is 0.917 bits per heavy atom. The number of aromatic nitrogens is 3. The average molecular weight is 169 g/mol. The molecule has 0 spiro atoms. The van der Waals surface area contributed by atoms with Gasteiger partial charge in [0.25, 0.3) is 0 Å². The molecule has 12 heavy (non-hydrogen) atoms. The summed E-state index contributed by atoms with van der Waals surface area (Å²) in [6.45, 7) is 0. The Labute approximate surface area is 72.6 Å². The molecule has 0 unspecified atom stereocenters. The van der Waals surface area contributed by atoms with Crippen LogP contribution in [0.4, 0.5) is 11.9 Å². The van der Waals surface area contributed by atoms with Crippen LogP contribution in [0.25, 0.3) is 0 Å². The molecule has 1 rings (SSSR count). The summed E-state index contributed by atoms with van der Waals surface area (Å²) in [6, 6.07) is 0. The van der Waals surface area contributed by atoms with Gasteiger partial charge in [0.05, 0.1) is 0 Å². The molecule has 0 atom stereocenters. The van der Waals surface area contributed by atoms with Crippen LogP contribution in [0, 0.1) is 0 Å². The summed E-state index contributed by atoms with van der Waals surface area (Å²) in [6.07, 6.45) is 0. The molecule has 0 aliphatic rings. The fourth-order valence-corrected chi connectivity index (χ4v) is 1.09. The van der Waals surface area contributed by atoms with Crippen molar-refractivity contribution in [3.8, 4) is 0 Å². The lowest BCUT2D eigenvalue weighted by Crippen LogP contribution is -2.17. The maximum Gasteiger partial charge on any atom is 0.227 e. The first kappa shape index (κ1) is 8.83. The van der Waals surface area contributed by atoms with Crippen molar-refractivity contribution < 1.29 is 0 Å². The van der Waals surface area contributed by atoms with Gasteiger partial charge in [0.2, 0.25) is 11.9 Å². The van der Waals surface area contributed by atoms with E-state index in [-0.39, 0.29) is 0 Å². The van der Waals surface area contributed by atoms with Crippen LogP contribution in [0.15, 0.2) is 0 Å². The van der Waals surface area contributed by atoms with Crippen LogP contribution in [0.1, 0.15) is 0 Å². The van der Waals surface area contributed by atoms with Crippen molar-refractivity contribution in [1.82, 2.24) is 14.8 Å². The second kappa shape index (κ2) is 3.00. The SMILES string of the molecule is CN(C)c1nnc(N(C)C)n1C. The van der Waals surface area contributed by atoms with Crippen LogP contribution in [0.3, 0.4) is 0 Å². The molecule has 5 heteroatoms. The number of nitrogens with zero attached hydrogens (tertiary/aromatic N) is 5. The van der Waals surface area contributed by atoms with Crippen LogP contribution in [0.2, 0.25) is 0 Å². The molecule has 0 N–H and O–H groups in total. The van der Waals surface area contributed by atoms with Crippen molar-refractivity contribution in [2.24, 2.45) is 7.05 Å². The Balaban J connectivity index is 3.04. The van der Waals surface area contributed by atoms with E-state index in [4.69, 9.17) is 0 Å². The zero-order valence-corrected chi connectivity index (χ0v) is 8.24. The molecule has 0 amide bonds. The summed E-state index contributed by atoms with van der Waals surface area (Å²) in [4.78, 5) is 3.86. The largest absolute Gasteiger partial charge is 0.347 e. The Morgan fingerprint density at radius 3 is 1.42 bits per heavy atom. The van der Waals surface area contributed by atoms with Gasteiger partial charge in [-0.1, -0.05) is 0 Å². The molecule has 0 saturated carbocycles. The standard InChI is InChI=1S/C7H15N5/c1-10(2)6-8-9-7(11(3)4)12(6)5/h1-5H3. The second-order valence-corrected chi connectivity index (χ2v) is 3.15. The first-order valence-electron chi connectivity index (χ1n) is 3.78. The lowest BCUT2D eigenvalue weighted by Gasteiger charge is -2.13. The van der Waals surface area contributed by atoms with Crippen molar-refractivity contribution in [1.29, 1.82) is 0 Å². The predicted molar refractivity (Wildman–Crippen MR) is 49.7 cm³/mol. The summed E-state index contributed by atoms with van der Waals surface area (Å²) in [5, 5.41) is 8.07. The van der Waals surface area contributed by atoms with Crippen LogP contribution < -0.4 is 9.80 Å². The van der Waals surface area contributed by atoms with Gasteiger partial charge >= 0.3 is 0 Å². The highest BCUT2D eigenvalue weighted by molar-refractivity contribution is 5.38. The normalized spacial score (nSPS) is 10.1. The van der Waals surface area contributed by atoms with E-state index >= 15 is 0 Å². The van der Waals surface area contributed by atoms with Gasteiger partial charge in [0, 0.05) is 35.2 Å². The quantitative estimate of drug-likeness (QED) is 0.622. The Hall–Kier alpha value is -1.26. The van der Waals surface area contributed by atoms with Gasteiger partial charge in [0.1, 0.15) is 0 Å². The second-order valence-electron chi connectivity index (χ2n) is 3.15. The molecule has 5 nitrogen and oxygen atoms in total.